The Hall–Kier alpha value is -0.970. The lowest BCUT2D eigenvalue weighted by Gasteiger charge is -2.11. The average Bonchev–Trinajstić information content (AvgIpc) is 2.13. The van der Waals surface area contributed by atoms with Crippen molar-refractivity contribution in [3.8, 4) is 11.5 Å². The first-order valence-electron chi connectivity index (χ1n) is 4.10. The summed E-state index contributed by atoms with van der Waals surface area (Å²) in [6.45, 7) is 0.348. The maximum atomic E-state index is 9.55. The summed E-state index contributed by atoms with van der Waals surface area (Å²) >= 11 is 5.62. The zero-order chi connectivity index (χ0) is 10.7. The lowest BCUT2D eigenvalue weighted by atomic mass is 10.1. The summed E-state index contributed by atoms with van der Waals surface area (Å²) in [4.78, 5) is 0. The van der Waals surface area contributed by atoms with Gasteiger partial charge in [0.05, 0.1) is 11.1 Å². The van der Waals surface area contributed by atoms with Crippen LogP contribution >= 0.6 is 11.6 Å². The summed E-state index contributed by atoms with van der Waals surface area (Å²) in [6.07, 6.45) is -0.760. The number of likely N-dealkylation sites (N-methyl/N-ethyl adjacent to an activating group) is 1. The zero-order valence-corrected chi connectivity index (χ0v) is 8.41. The highest BCUT2D eigenvalue weighted by Crippen LogP contribution is 2.35. The molecule has 0 saturated heterocycles. The van der Waals surface area contributed by atoms with Gasteiger partial charge in [0, 0.05) is 6.54 Å². The smallest absolute Gasteiger partial charge is 0.176 e. The maximum Gasteiger partial charge on any atom is 0.176 e. The molecule has 0 heterocycles. The van der Waals surface area contributed by atoms with Gasteiger partial charge < -0.3 is 20.6 Å². The summed E-state index contributed by atoms with van der Waals surface area (Å²) < 4.78 is 0. The number of aliphatic hydroxyl groups excluding tert-OH is 1. The number of nitrogens with one attached hydrogen (secondary N) is 1. The van der Waals surface area contributed by atoms with Crippen molar-refractivity contribution < 1.29 is 15.3 Å². The Morgan fingerprint density at radius 1 is 1.43 bits per heavy atom. The van der Waals surface area contributed by atoms with Gasteiger partial charge in [-0.2, -0.15) is 0 Å². The van der Waals surface area contributed by atoms with E-state index in [2.05, 4.69) is 5.32 Å². The Labute approximate surface area is 86.8 Å². The molecular formula is C9H12ClNO3. The van der Waals surface area contributed by atoms with Crippen LogP contribution in [-0.2, 0) is 0 Å². The fourth-order valence-corrected chi connectivity index (χ4v) is 1.33. The van der Waals surface area contributed by atoms with Crippen LogP contribution in [-0.4, -0.2) is 28.9 Å². The van der Waals surface area contributed by atoms with E-state index in [1.165, 1.54) is 12.1 Å². The number of phenols is 2. The van der Waals surface area contributed by atoms with E-state index in [1.807, 2.05) is 0 Å². The summed E-state index contributed by atoms with van der Waals surface area (Å²) in [6, 6.07) is 2.70. The van der Waals surface area contributed by atoms with Gasteiger partial charge in [0.25, 0.3) is 0 Å². The maximum absolute atomic E-state index is 9.55. The Balaban J connectivity index is 3.00. The van der Waals surface area contributed by atoms with Crippen molar-refractivity contribution in [3.05, 3.63) is 22.7 Å². The third-order valence-electron chi connectivity index (χ3n) is 1.85. The third-order valence-corrected chi connectivity index (χ3v) is 2.14. The first kappa shape index (κ1) is 11.1. The zero-order valence-electron chi connectivity index (χ0n) is 7.66. The van der Waals surface area contributed by atoms with Crippen LogP contribution in [0.15, 0.2) is 12.1 Å². The number of aromatic hydroxyl groups is 2. The molecule has 0 aromatic heterocycles. The van der Waals surface area contributed by atoms with Crippen molar-refractivity contribution in [2.75, 3.05) is 13.6 Å². The predicted molar refractivity (Wildman–Crippen MR) is 53.7 cm³/mol. The lowest BCUT2D eigenvalue weighted by molar-refractivity contribution is 0.177. The van der Waals surface area contributed by atoms with E-state index >= 15 is 0 Å². The first-order chi connectivity index (χ1) is 6.56. The third kappa shape index (κ3) is 2.29. The van der Waals surface area contributed by atoms with Gasteiger partial charge in [0.2, 0.25) is 0 Å². The molecule has 78 valence electrons. The van der Waals surface area contributed by atoms with Gasteiger partial charge >= 0.3 is 0 Å². The Kier molecular flexibility index (Phi) is 3.57. The quantitative estimate of drug-likeness (QED) is 0.570. The van der Waals surface area contributed by atoms with Crippen LogP contribution in [0.4, 0.5) is 0 Å². The van der Waals surface area contributed by atoms with Gasteiger partial charge in [-0.15, -0.1) is 0 Å². The normalized spacial score (nSPS) is 12.8. The molecule has 0 aliphatic carbocycles. The molecule has 0 fully saturated rings. The van der Waals surface area contributed by atoms with E-state index in [9.17, 15) is 10.2 Å². The number of benzene rings is 1. The van der Waals surface area contributed by atoms with Gasteiger partial charge in [-0.3, -0.25) is 0 Å². The fraction of sp³-hybridized carbons (Fsp3) is 0.333. The molecule has 1 aromatic carbocycles. The molecule has 4 N–H and O–H groups in total. The van der Waals surface area contributed by atoms with E-state index in [1.54, 1.807) is 7.05 Å². The molecule has 0 aliphatic heterocycles. The monoisotopic (exact) mass is 217 g/mol. The van der Waals surface area contributed by atoms with Crippen LogP contribution in [0.5, 0.6) is 11.5 Å². The fourth-order valence-electron chi connectivity index (χ4n) is 1.11. The molecule has 0 radical (unpaired) electrons. The number of phenolic OH excluding ortho intramolecular Hbond substituents is 2. The summed E-state index contributed by atoms with van der Waals surface area (Å²) in [5.41, 5.74) is 0.458. The molecule has 5 heteroatoms. The Morgan fingerprint density at radius 2 is 2.07 bits per heavy atom. The first-order valence-corrected chi connectivity index (χ1v) is 4.48. The van der Waals surface area contributed by atoms with Crippen LogP contribution in [0.25, 0.3) is 0 Å². The predicted octanol–water partition coefficient (Wildman–Crippen LogP) is 1.00. The molecule has 0 aliphatic rings. The van der Waals surface area contributed by atoms with Gasteiger partial charge in [-0.05, 0) is 24.7 Å². The number of hydrogen-bond acceptors (Lipinski definition) is 4. The second-order valence-corrected chi connectivity index (χ2v) is 3.35. The second-order valence-electron chi connectivity index (χ2n) is 2.94. The van der Waals surface area contributed by atoms with Crippen LogP contribution in [0, 0.1) is 0 Å². The largest absolute Gasteiger partial charge is 0.504 e. The number of hydrogen-bond donors (Lipinski definition) is 4. The highest BCUT2D eigenvalue weighted by molar-refractivity contribution is 6.32. The molecule has 4 nitrogen and oxygen atoms in total. The van der Waals surface area contributed by atoms with Crippen molar-refractivity contribution in [1.29, 1.82) is 0 Å². The van der Waals surface area contributed by atoms with E-state index < -0.39 is 6.10 Å². The molecule has 0 unspecified atom stereocenters. The minimum Gasteiger partial charge on any atom is -0.504 e. The van der Waals surface area contributed by atoms with Crippen molar-refractivity contribution in [3.63, 3.8) is 0 Å². The van der Waals surface area contributed by atoms with Crippen LogP contribution < -0.4 is 5.32 Å². The van der Waals surface area contributed by atoms with Crippen LogP contribution in [0.3, 0.4) is 0 Å². The van der Waals surface area contributed by atoms with E-state index in [0.717, 1.165) is 0 Å². The van der Waals surface area contributed by atoms with Gasteiger partial charge in [-0.25, -0.2) is 0 Å². The highest BCUT2D eigenvalue weighted by Gasteiger charge is 2.12. The lowest BCUT2D eigenvalue weighted by Crippen LogP contribution is -2.16. The Morgan fingerprint density at radius 3 is 2.57 bits per heavy atom. The molecule has 0 amide bonds. The summed E-state index contributed by atoms with van der Waals surface area (Å²) in [7, 11) is 1.70. The van der Waals surface area contributed by atoms with Crippen LogP contribution in [0.2, 0.25) is 5.02 Å². The van der Waals surface area contributed by atoms with Crippen molar-refractivity contribution in [1.82, 2.24) is 5.32 Å². The molecule has 1 aromatic rings. The molecule has 1 rings (SSSR count). The number of rotatable bonds is 3. The van der Waals surface area contributed by atoms with Crippen LogP contribution in [0.1, 0.15) is 11.7 Å². The van der Waals surface area contributed by atoms with E-state index in [-0.39, 0.29) is 16.5 Å². The number of halogens is 1. The second kappa shape index (κ2) is 4.50. The van der Waals surface area contributed by atoms with Crippen molar-refractivity contribution >= 4 is 11.6 Å². The van der Waals surface area contributed by atoms with E-state index in [0.29, 0.717) is 12.1 Å². The molecule has 0 saturated carbocycles. The van der Waals surface area contributed by atoms with Gasteiger partial charge in [-0.1, -0.05) is 11.6 Å². The van der Waals surface area contributed by atoms with Crippen molar-refractivity contribution in [2.24, 2.45) is 0 Å². The van der Waals surface area contributed by atoms with Gasteiger partial charge in [0.15, 0.2) is 11.5 Å². The average molecular weight is 218 g/mol. The molecular weight excluding hydrogens is 206 g/mol. The minimum atomic E-state index is -0.760. The van der Waals surface area contributed by atoms with Crippen molar-refractivity contribution in [2.45, 2.75) is 6.10 Å². The summed E-state index contributed by atoms with van der Waals surface area (Å²) in [5, 5.41) is 30.7. The standard InChI is InChI=1S/C9H12ClNO3/c1-11-4-8(13)5-2-6(10)9(14)7(12)3-5/h2-3,8,11-14H,4H2,1H3/t8-/m1/s1. The highest BCUT2D eigenvalue weighted by atomic mass is 35.5. The minimum absolute atomic E-state index is 0.0233. The molecule has 1 atom stereocenters. The van der Waals surface area contributed by atoms with E-state index in [4.69, 9.17) is 16.7 Å². The van der Waals surface area contributed by atoms with Gasteiger partial charge in [0.1, 0.15) is 0 Å². The number of aliphatic hydroxyl groups is 1. The Bertz CT molecular complexity index is 307. The molecule has 0 spiro atoms. The molecule has 0 bridgehead atoms. The molecule has 14 heavy (non-hydrogen) atoms. The topological polar surface area (TPSA) is 72.7 Å². The SMILES string of the molecule is CNC[C@@H](O)c1cc(O)c(O)c(Cl)c1. The summed E-state index contributed by atoms with van der Waals surface area (Å²) in [5.74, 6) is -0.699.